The second-order valence-corrected chi connectivity index (χ2v) is 7.26. The third kappa shape index (κ3) is 3.74. The Labute approximate surface area is 173 Å². The largest absolute Gasteiger partial charge is 0.396 e. The van der Waals surface area contributed by atoms with Gasteiger partial charge in [0.25, 0.3) is 5.91 Å². The Morgan fingerprint density at radius 1 is 1.17 bits per heavy atom. The smallest absolute Gasteiger partial charge is 0.257 e. The number of carbonyl (C=O) groups excluding carboxylic acids is 1. The zero-order valence-electron chi connectivity index (χ0n) is 16.8. The lowest BCUT2D eigenvalue weighted by Gasteiger charge is -2.15. The summed E-state index contributed by atoms with van der Waals surface area (Å²) in [6.07, 6.45) is 3.55. The van der Waals surface area contributed by atoms with E-state index in [0.29, 0.717) is 29.8 Å². The molecule has 6 nitrogen and oxygen atoms in total. The van der Waals surface area contributed by atoms with Crippen molar-refractivity contribution in [1.82, 2.24) is 14.8 Å². The molecule has 152 valence electrons. The van der Waals surface area contributed by atoms with Crippen LogP contribution in [0.4, 0.5) is 15.8 Å². The highest BCUT2D eigenvalue weighted by atomic mass is 19.1. The van der Waals surface area contributed by atoms with Gasteiger partial charge in [-0.05, 0) is 43.9 Å². The molecule has 0 unspecified atom stereocenters. The lowest BCUT2D eigenvalue weighted by atomic mass is 10.1. The van der Waals surface area contributed by atoms with E-state index < -0.39 is 5.82 Å². The van der Waals surface area contributed by atoms with Gasteiger partial charge in [0.05, 0.1) is 16.9 Å². The fourth-order valence-corrected chi connectivity index (χ4v) is 3.61. The molecular weight excluding hydrogens is 381 g/mol. The van der Waals surface area contributed by atoms with E-state index in [0.717, 1.165) is 22.2 Å². The van der Waals surface area contributed by atoms with E-state index in [1.54, 1.807) is 12.3 Å². The molecule has 0 aliphatic heterocycles. The first-order valence-corrected chi connectivity index (χ1v) is 9.66. The number of amides is 1. The number of fused-ring (bicyclic) bond motifs is 1. The third-order valence-electron chi connectivity index (χ3n) is 5.11. The van der Waals surface area contributed by atoms with Crippen LogP contribution in [0, 0.1) is 19.7 Å². The molecule has 7 heteroatoms. The van der Waals surface area contributed by atoms with Gasteiger partial charge in [0.2, 0.25) is 0 Å². The number of carbonyl (C=O) groups is 1. The number of hydrogen-bond acceptors (Lipinski definition) is 4. The number of nitrogens with one attached hydrogen (secondary N) is 1. The standard InChI is InChI=1S/C23H22FN5O/c1-14-11-15(2)29(28-14)10-9-18-21(8-7-20(25)22(18)24)27-23(30)19-13-26-12-16-5-3-4-6-17(16)19/h3-8,11-13H,9-10,25H2,1-2H3,(H,27,30). The van der Waals surface area contributed by atoms with E-state index in [2.05, 4.69) is 15.4 Å². The summed E-state index contributed by atoms with van der Waals surface area (Å²) in [5.74, 6) is -0.874. The number of aromatic nitrogens is 3. The Balaban J connectivity index is 1.64. The highest BCUT2D eigenvalue weighted by molar-refractivity contribution is 6.12. The highest BCUT2D eigenvalue weighted by Crippen LogP contribution is 2.26. The minimum absolute atomic E-state index is 0.0446. The van der Waals surface area contributed by atoms with Crippen molar-refractivity contribution in [2.24, 2.45) is 0 Å². The van der Waals surface area contributed by atoms with Gasteiger partial charge in [0.1, 0.15) is 0 Å². The van der Waals surface area contributed by atoms with Gasteiger partial charge >= 0.3 is 0 Å². The maximum atomic E-state index is 14.9. The SMILES string of the molecule is Cc1cc(C)n(CCc2c(NC(=O)c3cncc4ccccc34)ccc(N)c2F)n1. The summed E-state index contributed by atoms with van der Waals surface area (Å²) in [6, 6.07) is 12.6. The summed E-state index contributed by atoms with van der Waals surface area (Å²) in [6.45, 7) is 4.33. The first kappa shape index (κ1) is 19.6. The number of nitrogen functional groups attached to an aromatic ring is 1. The van der Waals surface area contributed by atoms with Gasteiger partial charge in [-0.2, -0.15) is 5.10 Å². The van der Waals surface area contributed by atoms with Crippen molar-refractivity contribution in [1.29, 1.82) is 0 Å². The lowest BCUT2D eigenvalue weighted by molar-refractivity contribution is 0.102. The molecule has 4 aromatic rings. The molecule has 0 radical (unpaired) electrons. The van der Waals surface area contributed by atoms with Crippen LogP contribution in [0.25, 0.3) is 10.8 Å². The summed E-state index contributed by atoms with van der Waals surface area (Å²) < 4.78 is 16.7. The van der Waals surface area contributed by atoms with Gasteiger partial charge in [0, 0.05) is 41.3 Å². The Morgan fingerprint density at radius 3 is 2.73 bits per heavy atom. The second-order valence-electron chi connectivity index (χ2n) is 7.26. The van der Waals surface area contributed by atoms with Crippen LogP contribution < -0.4 is 11.1 Å². The van der Waals surface area contributed by atoms with Crippen LogP contribution in [0.2, 0.25) is 0 Å². The molecule has 0 saturated carbocycles. The molecule has 2 heterocycles. The van der Waals surface area contributed by atoms with Crippen LogP contribution in [0.1, 0.15) is 27.3 Å². The first-order chi connectivity index (χ1) is 14.4. The number of nitrogens with zero attached hydrogens (tertiary/aromatic N) is 3. The zero-order valence-corrected chi connectivity index (χ0v) is 16.8. The fourth-order valence-electron chi connectivity index (χ4n) is 3.61. The van der Waals surface area contributed by atoms with Crippen molar-refractivity contribution in [3.05, 3.63) is 83.2 Å². The molecule has 2 aromatic heterocycles. The molecule has 1 amide bonds. The molecule has 0 bridgehead atoms. The summed E-state index contributed by atoms with van der Waals surface area (Å²) in [4.78, 5) is 17.1. The van der Waals surface area contributed by atoms with Crippen molar-refractivity contribution >= 4 is 28.1 Å². The maximum Gasteiger partial charge on any atom is 0.257 e. The monoisotopic (exact) mass is 403 g/mol. The van der Waals surface area contributed by atoms with Gasteiger partial charge in [-0.25, -0.2) is 4.39 Å². The van der Waals surface area contributed by atoms with Crippen LogP contribution in [0.5, 0.6) is 0 Å². The number of rotatable bonds is 5. The number of anilines is 2. The topological polar surface area (TPSA) is 85.8 Å². The molecule has 0 saturated heterocycles. The minimum atomic E-state index is -0.523. The Hall–Kier alpha value is -3.74. The molecule has 0 spiro atoms. The van der Waals surface area contributed by atoms with Crippen LogP contribution in [-0.4, -0.2) is 20.7 Å². The quantitative estimate of drug-likeness (QED) is 0.488. The van der Waals surface area contributed by atoms with Crippen LogP contribution >= 0.6 is 0 Å². The summed E-state index contributed by atoms with van der Waals surface area (Å²) in [5, 5.41) is 8.90. The third-order valence-corrected chi connectivity index (χ3v) is 5.11. The molecular formula is C23H22FN5O. The van der Waals surface area contributed by atoms with Crippen LogP contribution in [0.15, 0.2) is 54.9 Å². The van der Waals surface area contributed by atoms with Crippen LogP contribution in [-0.2, 0) is 13.0 Å². The van der Waals surface area contributed by atoms with Gasteiger partial charge in [-0.1, -0.05) is 24.3 Å². The van der Waals surface area contributed by atoms with E-state index >= 15 is 0 Å². The summed E-state index contributed by atoms with van der Waals surface area (Å²) >= 11 is 0. The Morgan fingerprint density at radius 2 is 1.97 bits per heavy atom. The molecule has 0 aliphatic carbocycles. The fraction of sp³-hybridized carbons (Fsp3) is 0.174. The number of pyridine rings is 1. The zero-order chi connectivity index (χ0) is 21.3. The van der Waals surface area contributed by atoms with Crippen molar-refractivity contribution in [2.75, 3.05) is 11.1 Å². The van der Waals surface area contributed by atoms with Gasteiger partial charge in [0.15, 0.2) is 5.82 Å². The maximum absolute atomic E-state index is 14.9. The second kappa shape index (κ2) is 7.94. The van der Waals surface area contributed by atoms with Crippen molar-refractivity contribution in [3.8, 4) is 0 Å². The van der Waals surface area contributed by atoms with Crippen molar-refractivity contribution < 1.29 is 9.18 Å². The number of halogens is 1. The van der Waals surface area contributed by atoms with E-state index in [9.17, 15) is 9.18 Å². The number of hydrogen-bond donors (Lipinski definition) is 2. The lowest BCUT2D eigenvalue weighted by Crippen LogP contribution is -2.16. The first-order valence-electron chi connectivity index (χ1n) is 9.66. The molecule has 0 atom stereocenters. The van der Waals surface area contributed by atoms with E-state index in [1.807, 2.05) is 48.9 Å². The van der Waals surface area contributed by atoms with E-state index in [4.69, 9.17) is 5.73 Å². The normalized spacial score (nSPS) is 11.0. The van der Waals surface area contributed by atoms with E-state index in [-0.39, 0.29) is 11.6 Å². The Kier molecular flexibility index (Phi) is 5.18. The van der Waals surface area contributed by atoms with Crippen molar-refractivity contribution in [2.45, 2.75) is 26.8 Å². The average Bonchev–Trinajstić information content (AvgIpc) is 3.06. The molecule has 0 fully saturated rings. The highest BCUT2D eigenvalue weighted by Gasteiger charge is 2.17. The predicted octanol–water partition coefficient (Wildman–Crippen LogP) is 4.26. The molecule has 3 N–H and O–H groups in total. The molecule has 4 rings (SSSR count). The molecule has 0 aliphatic rings. The van der Waals surface area contributed by atoms with E-state index in [1.165, 1.54) is 12.3 Å². The van der Waals surface area contributed by atoms with Gasteiger partial charge in [-0.15, -0.1) is 0 Å². The van der Waals surface area contributed by atoms with Gasteiger partial charge in [-0.3, -0.25) is 14.5 Å². The molecule has 2 aromatic carbocycles. The van der Waals surface area contributed by atoms with Crippen molar-refractivity contribution in [3.63, 3.8) is 0 Å². The Bertz CT molecular complexity index is 1240. The number of benzene rings is 2. The summed E-state index contributed by atoms with van der Waals surface area (Å²) in [7, 11) is 0. The predicted molar refractivity (Wildman–Crippen MR) is 116 cm³/mol. The number of nitrogens with two attached hydrogens (primary N) is 1. The molecule has 30 heavy (non-hydrogen) atoms. The van der Waals surface area contributed by atoms with Crippen LogP contribution in [0.3, 0.4) is 0 Å². The minimum Gasteiger partial charge on any atom is -0.396 e. The average molecular weight is 403 g/mol. The van der Waals surface area contributed by atoms with Gasteiger partial charge < -0.3 is 11.1 Å². The summed E-state index contributed by atoms with van der Waals surface area (Å²) in [5.41, 5.74) is 8.89. The number of aryl methyl sites for hydroxylation is 3.